The Hall–Kier alpha value is -2.87. The zero-order valence-electron chi connectivity index (χ0n) is 24.0. The van der Waals surface area contributed by atoms with Gasteiger partial charge in [-0.25, -0.2) is 8.42 Å². The molecule has 1 heterocycles. The largest absolute Gasteiger partial charge is 0.507 e. The molecule has 208 valence electrons. The van der Waals surface area contributed by atoms with Crippen molar-refractivity contribution >= 4 is 27.3 Å². The molecule has 3 N–H and O–H groups in total. The van der Waals surface area contributed by atoms with Crippen LogP contribution in [0.1, 0.15) is 94.3 Å². The molecule has 1 saturated heterocycles. The van der Waals surface area contributed by atoms with E-state index in [4.69, 9.17) is 5.41 Å². The standard InChI is InChI=1S/C30H43N3O4S/c1-9-10-20-17-33(28(31)26(20)19-11-13-22(14-12-19)32-38(8,36)37)18-25(34)21-15-23(29(2,3)4)27(35)24(16-21)30(5,6)7/h11-16,20,26,31-32,35H,9-10,17-18H2,1-8H3. The second kappa shape index (κ2) is 10.7. The summed E-state index contributed by atoms with van der Waals surface area (Å²) in [6.07, 6.45) is 3.00. The van der Waals surface area contributed by atoms with E-state index >= 15 is 0 Å². The molecule has 0 aliphatic carbocycles. The van der Waals surface area contributed by atoms with Crippen molar-refractivity contribution in [2.24, 2.45) is 5.92 Å². The summed E-state index contributed by atoms with van der Waals surface area (Å²) in [4.78, 5) is 15.5. The van der Waals surface area contributed by atoms with Gasteiger partial charge in [0, 0.05) is 34.8 Å². The molecule has 0 saturated carbocycles. The Labute approximate surface area is 228 Å². The molecular weight excluding hydrogens is 498 g/mol. The highest BCUT2D eigenvalue weighted by Gasteiger charge is 2.39. The Kier molecular flexibility index (Phi) is 8.37. The highest BCUT2D eigenvalue weighted by Crippen LogP contribution is 2.41. The second-order valence-electron chi connectivity index (χ2n) is 12.6. The predicted molar refractivity (Wildman–Crippen MR) is 155 cm³/mol. The summed E-state index contributed by atoms with van der Waals surface area (Å²) in [6.45, 7) is 15.0. The van der Waals surface area contributed by atoms with E-state index in [0.29, 0.717) is 23.6 Å². The van der Waals surface area contributed by atoms with Gasteiger partial charge in [0.25, 0.3) is 0 Å². The number of phenolic OH excluding ortho intramolecular Hbond substituents is 1. The van der Waals surface area contributed by atoms with E-state index in [0.717, 1.165) is 35.8 Å². The molecule has 7 nitrogen and oxygen atoms in total. The topological polar surface area (TPSA) is 111 Å². The lowest BCUT2D eigenvalue weighted by Gasteiger charge is -2.28. The van der Waals surface area contributed by atoms with Crippen LogP contribution in [0.2, 0.25) is 0 Å². The number of ketones is 1. The van der Waals surface area contributed by atoms with Crippen molar-refractivity contribution in [3.63, 3.8) is 0 Å². The van der Waals surface area contributed by atoms with Gasteiger partial charge in [-0.15, -0.1) is 0 Å². The first kappa shape index (κ1) is 29.7. The number of anilines is 1. The van der Waals surface area contributed by atoms with Crippen LogP contribution in [0.25, 0.3) is 0 Å². The van der Waals surface area contributed by atoms with Crippen molar-refractivity contribution in [1.29, 1.82) is 5.41 Å². The number of hydrogen-bond acceptors (Lipinski definition) is 5. The number of rotatable bonds is 8. The molecule has 0 amide bonds. The van der Waals surface area contributed by atoms with E-state index in [-0.39, 0.29) is 40.7 Å². The summed E-state index contributed by atoms with van der Waals surface area (Å²) in [5.74, 6) is 0.599. The molecular formula is C30H43N3O4S. The quantitative estimate of drug-likeness (QED) is 0.353. The van der Waals surface area contributed by atoms with Gasteiger partial charge in [-0.3, -0.25) is 14.9 Å². The predicted octanol–water partition coefficient (Wildman–Crippen LogP) is 6.03. The lowest BCUT2D eigenvalue weighted by atomic mass is 9.78. The van der Waals surface area contributed by atoms with Crippen LogP contribution < -0.4 is 4.72 Å². The fourth-order valence-corrected chi connectivity index (χ4v) is 5.86. The lowest BCUT2D eigenvalue weighted by molar-refractivity contribution is 0.0963. The van der Waals surface area contributed by atoms with Gasteiger partial charge in [-0.2, -0.15) is 0 Å². The van der Waals surface area contributed by atoms with Gasteiger partial charge < -0.3 is 10.0 Å². The van der Waals surface area contributed by atoms with Crippen molar-refractivity contribution < 1.29 is 18.3 Å². The minimum atomic E-state index is -3.37. The van der Waals surface area contributed by atoms with Gasteiger partial charge in [0.1, 0.15) is 11.6 Å². The van der Waals surface area contributed by atoms with Crippen LogP contribution in [-0.2, 0) is 20.9 Å². The average Bonchev–Trinajstić information content (AvgIpc) is 3.06. The molecule has 0 aromatic heterocycles. The highest BCUT2D eigenvalue weighted by atomic mass is 32.2. The summed E-state index contributed by atoms with van der Waals surface area (Å²) >= 11 is 0. The van der Waals surface area contributed by atoms with E-state index in [1.807, 2.05) is 58.6 Å². The van der Waals surface area contributed by atoms with Gasteiger partial charge in [-0.05, 0) is 53.0 Å². The van der Waals surface area contributed by atoms with E-state index in [9.17, 15) is 18.3 Å². The summed E-state index contributed by atoms with van der Waals surface area (Å²) < 4.78 is 25.6. The third-order valence-electron chi connectivity index (χ3n) is 7.18. The highest BCUT2D eigenvalue weighted by molar-refractivity contribution is 7.92. The number of likely N-dealkylation sites (tertiary alicyclic amines) is 1. The Morgan fingerprint density at radius 2 is 1.58 bits per heavy atom. The van der Waals surface area contributed by atoms with Gasteiger partial charge in [0.2, 0.25) is 10.0 Å². The van der Waals surface area contributed by atoms with Gasteiger partial charge >= 0.3 is 0 Å². The van der Waals surface area contributed by atoms with Crippen molar-refractivity contribution in [2.75, 3.05) is 24.1 Å². The number of nitrogens with zero attached hydrogens (tertiary/aromatic N) is 1. The van der Waals surface area contributed by atoms with E-state index in [2.05, 4.69) is 11.6 Å². The van der Waals surface area contributed by atoms with E-state index < -0.39 is 10.0 Å². The zero-order valence-corrected chi connectivity index (χ0v) is 24.8. The van der Waals surface area contributed by atoms with Crippen molar-refractivity contribution in [2.45, 2.75) is 78.1 Å². The summed E-state index contributed by atoms with van der Waals surface area (Å²) in [5.41, 5.74) is 2.79. The third-order valence-corrected chi connectivity index (χ3v) is 7.78. The zero-order chi connectivity index (χ0) is 28.6. The first-order valence-corrected chi connectivity index (χ1v) is 15.1. The van der Waals surface area contributed by atoms with Crippen LogP contribution in [0.5, 0.6) is 5.75 Å². The Bertz CT molecular complexity index is 1270. The lowest BCUT2D eigenvalue weighted by Crippen LogP contribution is -2.32. The summed E-state index contributed by atoms with van der Waals surface area (Å²) in [7, 11) is -3.37. The fourth-order valence-electron chi connectivity index (χ4n) is 5.29. The van der Waals surface area contributed by atoms with Crippen molar-refractivity contribution in [1.82, 2.24) is 4.90 Å². The van der Waals surface area contributed by atoms with Crippen molar-refractivity contribution in [3.05, 3.63) is 58.7 Å². The number of hydrogen-bond donors (Lipinski definition) is 3. The SMILES string of the molecule is CCCC1CN(CC(=O)c2cc(C(C)(C)C)c(O)c(C(C)(C)C)c2)C(=N)C1c1ccc(NS(C)(=O)=O)cc1. The van der Waals surface area contributed by atoms with Crippen LogP contribution in [0.3, 0.4) is 0 Å². The maximum atomic E-state index is 13.6. The van der Waals surface area contributed by atoms with Crippen LogP contribution >= 0.6 is 0 Å². The summed E-state index contributed by atoms with van der Waals surface area (Å²) in [6, 6.07) is 10.8. The number of Topliss-reactive ketones (excluding diaryl/α,β-unsaturated/α-hetero) is 1. The maximum absolute atomic E-state index is 13.6. The summed E-state index contributed by atoms with van der Waals surface area (Å²) in [5, 5.41) is 20.0. The third kappa shape index (κ3) is 6.76. The minimum Gasteiger partial charge on any atom is -0.507 e. The van der Waals surface area contributed by atoms with Gasteiger partial charge in [0.05, 0.1) is 12.8 Å². The van der Waals surface area contributed by atoms with E-state index in [1.54, 1.807) is 24.3 Å². The molecule has 38 heavy (non-hydrogen) atoms. The number of nitrogens with one attached hydrogen (secondary N) is 2. The molecule has 0 radical (unpaired) electrons. The Morgan fingerprint density at radius 1 is 1.05 bits per heavy atom. The molecule has 0 bridgehead atoms. The molecule has 1 aliphatic heterocycles. The maximum Gasteiger partial charge on any atom is 0.229 e. The Morgan fingerprint density at radius 3 is 2.03 bits per heavy atom. The second-order valence-corrected chi connectivity index (χ2v) is 14.4. The number of amidine groups is 1. The molecule has 1 aliphatic rings. The van der Waals surface area contributed by atoms with Crippen LogP contribution in [0.15, 0.2) is 36.4 Å². The molecule has 8 heteroatoms. The van der Waals surface area contributed by atoms with Gasteiger partial charge in [0.15, 0.2) is 5.78 Å². The molecule has 3 rings (SSSR count). The average molecular weight is 542 g/mol. The van der Waals surface area contributed by atoms with Gasteiger partial charge in [-0.1, -0.05) is 67.0 Å². The van der Waals surface area contributed by atoms with Crippen molar-refractivity contribution in [3.8, 4) is 5.75 Å². The molecule has 0 spiro atoms. The van der Waals surface area contributed by atoms with Crippen LogP contribution in [0.4, 0.5) is 5.69 Å². The fraction of sp³-hybridized carbons (Fsp3) is 0.533. The number of carbonyl (C=O) groups excluding carboxylic acids is 1. The Balaban J connectivity index is 1.90. The molecule has 2 unspecified atom stereocenters. The number of phenols is 1. The first-order chi connectivity index (χ1) is 17.4. The normalized spacial score (nSPS) is 18.6. The van der Waals surface area contributed by atoms with E-state index in [1.165, 1.54) is 0 Å². The van der Waals surface area contributed by atoms with Crippen LogP contribution in [0, 0.1) is 11.3 Å². The monoisotopic (exact) mass is 541 g/mol. The number of benzene rings is 2. The molecule has 2 aromatic carbocycles. The van der Waals surface area contributed by atoms with Crippen LogP contribution in [-0.4, -0.2) is 49.4 Å². The number of aromatic hydroxyl groups is 1. The number of sulfonamides is 1. The minimum absolute atomic E-state index is 0.0747. The smallest absolute Gasteiger partial charge is 0.229 e. The first-order valence-electron chi connectivity index (χ1n) is 13.2. The molecule has 2 atom stereocenters. The molecule has 1 fully saturated rings. The molecule has 2 aromatic rings. The number of carbonyl (C=O) groups is 1.